The molecule has 27 heavy (non-hydrogen) atoms. The van der Waals surface area contributed by atoms with Gasteiger partial charge in [-0.25, -0.2) is 4.98 Å². The maximum atomic E-state index is 10.3. The van der Waals surface area contributed by atoms with E-state index in [4.69, 9.17) is 5.26 Å². The quantitative estimate of drug-likeness (QED) is 0.414. The van der Waals surface area contributed by atoms with Crippen LogP contribution in [0.5, 0.6) is 17.2 Å². The van der Waals surface area contributed by atoms with Gasteiger partial charge in [0.15, 0.2) is 17.1 Å². The number of phenols is 3. The number of benzene rings is 2. The van der Waals surface area contributed by atoms with Gasteiger partial charge in [-0.2, -0.15) is 5.26 Å². The zero-order valence-corrected chi connectivity index (χ0v) is 13.8. The molecule has 0 amide bonds. The summed E-state index contributed by atoms with van der Waals surface area (Å²) in [6.07, 6.45) is 4.86. The van der Waals surface area contributed by atoms with Crippen LogP contribution in [0.1, 0.15) is 5.56 Å². The Morgan fingerprint density at radius 2 is 1.78 bits per heavy atom. The van der Waals surface area contributed by atoms with Gasteiger partial charge in [-0.15, -0.1) is 0 Å². The van der Waals surface area contributed by atoms with Gasteiger partial charge in [0.2, 0.25) is 5.75 Å². The molecule has 0 bridgehead atoms. The predicted octanol–water partition coefficient (Wildman–Crippen LogP) is 3.13. The van der Waals surface area contributed by atoms with Crippen LogP contribution < -0.4 is 5.32 Å². The molecule has 0 saturated heterocycles. The molecule has 132 valence electrons. The molecular weight excluding hydrogens is 346 g/mol. The minimum Gasteiger partial charge on any atom is -0.504 e. The number of rotatable bonds is 3. The molecule has 0 fully saturated rings. The molecule has 8 nitrogen and oxygen atoms in total. The van der Waals surface area contributed by atoms with Crippen molar-refractivity contribution in [2.75, 3.05) is 5.32 Å². The summed E-state index contributed by atoms with van der Waals surface area (Å²) < 4.78 is 1.74. The lowest BCUT2D eigenvalue weighted by Gasteiger charge is -2.11. The molecule has 0 unspecified atom stereocenters. The first-order valence-corrected chi connectivity index (χ1v) is 7.92. The highest BCUT2D eigenvalue weighted by atomic mass is 16.3. The molecule has 0 saturated carbocycles. The molecule has 0 aliphatic heterocycles. The van der Waals surface area contributed by atoms with Gasteiger partial charge in [0.1, 0.15) is 11.5 Å². The normalized spacial score (nSPS) is 10.6. The largest absolute Gasteiger partial charge is 0.504 e. The lowest BCUT2D eigenvalue weighted by atomic mass is 10.1. The third-order valence-electron chi connectivity index (χ3n) is 4.09. The average Bonchev–Trinajstić information content (AvgIpc) is 3.05. The highest BCUT2D eigenvalue weighted by Crippen LogP contribution is 2.44. The Morgan fingerprint density at radius 3 is 2.52 bits per heavy atom. The maximum absolute atomic E-state index is 10.3. The van der Waals surface area contributed by atoms with Crippen LogP contribution in [0, 0.1) is 11.3 Å². The van der Waals surface area contributed by atoms with Gasteiger partial charge in [-0.3, -0.25) is 9.38 Å². The second-order valence-corrected chi connectivity index (χ2v) is 5.76. The minimum atomic E-state index is -0.619. The number of aromatic hydroxyl groups is 3. The summed E-state index contributed by atoms with van der Waals surface area (Å²) in [5.41, 5.74) is 2.36. The van der Waals surface area contributed by atoms with E-state index in [0.29, 0.717) is 28.4 Å². The van der Waals surface area contributed by atoms with Gasteiger partial charge < -0.3 is 20.6 Å². The standard InChI is InChI=1S/C19H13N5O3/c20-9-11-1-3-12(4-2-11)22-19-16(23-15-10-21-7-8-24(15)19)13-5-6-14(25)18(27)17(13)26/h1-8,10,22,25-27H. The Morgan fingerprint density at radius 1 is 1.00 bits per heavy atom. The number of anilines is 2. The van der Waals surface area contributed by atoms with E-state index >= 15 is 0 Å². The van der Waals surface area contributed by atoms with Crippen molar-refractivity contribution in [3.05, 3.63) is 60.6 Å². The number of hydrogen-bond acceptors (Lipinski definition) is 7. The summed E-state index contributed by atoms with van der Waals surface area (Å²) in [5.74, 6) is -0.998. The first-order chi connectivity index (χ1) is 13.1. The van der Waals surface area contributed by atoms with E-state index in [9.17, 15) is 15.3 Å². The lowest BCUT2D eigenvalue weighted by Crippen LogP contribution is -1.97. The number of phenolic OH excluding ortho intramolecular Hbond substituents is 3. The number of imidazole rings is 1. The summed E-state index contributed by atoms with van der Waals surface area (Å²) in [5, 5.41) is 41.9. The Labute approximate surface area is 153 Å². The third kappa shape index (κ3) is 2.73. The molecule has 0 aliphatic carbocycles. The highest BCUT2D eigenvalue weighted by molar-refractivity contribution is 5.84. The molecule has 0 aliphatic rings. The van der Waals surface area contributed by atoms with Gasteiger partial charge in [-0.1, -0.05) is 0 Å². The lowest BCUT2D eigenvalue weighted by molar-refractivity contribution is 0.369. The van der Waals surface area contributed by atoms with E-state index in [1.807, 2.05) is 0 Å². The summed E-state index contributed by atoms with van der Waals surface area (Å²) in [6, 6.07) is 11.6. The summed E-state index contributed by atoms with van der Waals surface area (Å²) in [6.45, 7) is 0. The summed E-state index contributed by atoms with van der Waals surface area (Å²) in [7, 11) is 0. The van der Waals surface area contributed by atoms with E-state index < -0.39 is 17.2 Å². The topological polar surface area (TPSA) is 127 Å². The molecule has 4 N–H and O–H groups in total. The number of fused-ring (bicyclic) bond motifs is 1. The molecular formula is C19H13N5O3. The van der Waals surface area contributed by atoms with E-state index in [1.54, 1.807) is 47.3 Å². The fraction of sp³-hybridized carbons (Fsp3) is 0. The smallest absolute Gasteiger partial charge is 0.200 e. The van der Waals surface area contributed by atoms with Crippen molar-refractivity contribution in [2.45, 2.75) is 0 Å². The van der Waals surface area contributed by atoms with Crippen LogP contribution in [0.25, 0.3) is 16.9 Å². The number of nitrogens with one attached hydrogen (secondary N) is 1. The SMILES string of the molecule is N#Cc1ccc(Nc2c(-c3ccc(O)c(O)c3O)nc3cnccn23)cc1. The number of hydrogen-bond donors (Lipinski definition) is 4. The number of nitrogens with zero attached hydrogens (tertiary/aromatic N) is 4. The van der Waals surface area contributed by atoms with Gasteiger partial charge in [-0.05, 0) is 36.4 Å². The molecule has 2 heterocycles. The van der Waals surface area contributed by atoms with Crippen molar-refractivity contribution in [1.82, 2.24) is 14.4 Å². The Balaban J connectivity index is 1.90. The van der Waals surface area contributed by atoms with E-state index in [0.717, 1.165) is 0 Å². The van der Waals surface area contributed by atoms with Gasteiger partial charge >= 0.3 is 0 Å². The average molecular weight is 359 g/mol. The molecule has 4 aromatic rings. The van der Waals surface area contributed by atoms with Crippen LogP contribution in [-0.4, -0.2) is 29.7 Å². The third-order valence-corrected chi connectivity index (χ3v) is 4.09. The Bertz CT molecular complexity index is 1190. The minimum absolute atomic E-state index is 0.241. The molecule has 0 radical (unpaired) electrons. The fourth-order valence-electron chi connectivity index (χ4n) is 2.74. The van der Waals surface area contributed by atoms with E-state index in [1.165, 1.54) is 12.1 Å². The Kier molecular flexibility index (Phi) is 3.75. The zero-order valence-electron chi connectivity index (χ0n) is 13.8. The van der Waals surface area contributed by atoms with Crippen LogP contribution in [0.2, 0.25) is 0 Å². The van der Waals surface area contributed by atoms with Crippen molar-refractivity contribution in [3.8, 4) is 34.6 Å². The van der Waals surface area contributed by atoms with Crippen molar-refractivity contribution >= 4 is 17.2 Å². The van der Waals surface area contributed by atoms with Crippen LogP contribution in [0.15, 0.2) is 55.0 Å². The van der Waals surface area contributed by atoms with Crippen LogP contribution in [-0.2, 0) is 0 Å². The Hall–Kier alpha value is -4.25. The zero-order chi connectivity index (χ0) is 19.0. The van der Waals surface area contributed by atoms with E-state index in [2.05, 4.69) is 21.4 Å². The first-order valence-electron chi connectivity index (χ1n) is 7.92. The van der Waals surface area contributed by atoms with Crippen molar-refractivity contribution in [3.63, 3.8) is 0 Å². The monoisotopic (exact) mass is 359 g/mol. The van der Waals surface area contributed by atoms with E-state index in [-0.39, 0.29) is 5.56 Å². The van der Waals surface area contributed by atoms with Crippen molar-refractivity contribution in [1.29, 1.82) is 5.26 Å². The van der Waals surface area contributed by atoms with Crippen molar-refractivity contribution < 1.29 is 15.3 Å². The fourth-order valence-corrected chi connectivity index (χ4v) is 2.74. The summed E-state index contributed by atoms with van der Waals surface area (Å²) >= 11 is 0. The highest BCUT2D eigenvalue weighted by Gasteiger charge is 2.20. The number of aromatic nitrogens is 3. The molecule has 0 atom stereocenters. The summed E-state index contributed by atoms with van der Waals surface area (Å²) in [4.78, 5) is 8.52. The van der Waals surface area contributed by atoms with Crippen molar-refractivity contribution in [2.24, 2.45) is 0 Å². The van der Waals surface area contributed by atoms with Crippen LogP contribution in [0.4, 0.5) is 11.5 Å². The molecule has 8 heteroatoms. The second kappa shape index (κ2) is 6.24. The second-order valence-electron chi connectivity index (χ2n) is 5.76. The van der Waals surface area contributed by atoms with Gasteiger partial charge in [0, 0.05) is 23.6 Å². The molecule has 2 aromatic heterocycles. The first kappa shape index (κ1) is 16.2. The van der Waals surface area contributed by atoms with Crippen LogP contribution >= 0.6 is 0 Å². The maximum Gasteiger partial charge on any atom is 0.200 e. The number of nitriles is 1. The predicted molar refractivity (Wildman–Crippen MR) is 97.9 cm³/mol. The van der Waals surface area contributed by atoms with Gasteiger partial charge in [0.05, 0.1) is 17.8 Å². The van der Waals surface area contributed by atoms with Crippen LogP contribution in [0.3, 0.4) is 0 Å². The van der Waals surface area contributed by atoms with Gasteiger partial charge in [0.25, 0.3) is 0 Å². The molecule has 4 rings (SSSR count). The molecule has 2 aromatic carbocycles. The molecule has 0 spiro atoms.